The number of ketones is 1. The zero-order valence-electron chi connectivity index (χ0n) is 17.3. The standard InChI is InChI=1S/C24H20N4O3S/c1-27-21-3-2-4-23(20(21)15-26-27)32(30,31)19-9-5-17(6-10-19)7-11-22(29)18-8-12-24-25-13-14-28(24)16-18/h2-6,8-10,12-16H,7,11H2,1H3. The molecule has 0 spiro atoms. The minimum Gasteiger partial charge on any atom is -0.306 e. The number of sulfone groups is 1. The molecular formula is C24H20N4O3S. The second-order valence-electron chi connectivity index (χ2n) is 7.64. The van der Waals surface area contributed by atoms with Gasteiger partial charge in [0.1, 0.15) is 5.65 Å². The van der Waals surface area contributed by atoms with E-state index in [0.717, 1.165) is 16.7 Å². The van der Waals surface area contributed by atoms with Crippen molar-refractivity contribution in [1.29, 1.82) is 0 Å². The highest BCUT2D eigenvalue weighted by molar-refractivity contribution is 7.91. The summed E-state index contributed by atoms with van der Waals surface area (Å²) >= 11 is 0. The van der Waals surface area contributed by atoms with Crippen molar-refractivity contribution in [2.45, 2.75) is 22.6 Å². The molecule has 0 fully saturated rings. The lowest BCUT2D eigenvalue weighted by Crippen LogP contribution is -2.04. The van der Waals surface area contributed by atoms with Crippen LogP contribution in [0.2, 0.25) is 0 Å². The summed E-state index contributed by atoms with van der Waals surface area (Å²) in [7, 11) is -1.91. The highest BCUT2D eigenvalue weighted by Crippen LogP contribution is 2.28. The number of imidazole rings is 1. The molecule has 2 aromatic carbocycles. The van der Waals surface area contributed by atoms with Gasteiger partial charge in [-0.15, -0.1) is 0 Å². The normalized spacial score (nSPS) is 11.9. The monoisotopic (exact) mass is 444 g/mol. The zero-order chi connectivity index (χ0) is 22.3. The van der Waals surface area contributed by atoms with Gasteiger partial charge in [0, 0.05) is 43.0 Å². The van der Waals surface area contributed by atoms with Gasteiger partial charge in [0.05, 0.1) is 21.5 Å². The summed E-state index contributed by atoms with van der Waals surface area (Å²) in [4.78, 5) is 17.2. The first-order valence-electron chi connectivity index (χ1n) is 10.1. The number of aryl methyl sites for hydroxylation is 2. The van der Waals surface area contributed by atoms with Crippen molar-refractivity contribution in [3.8, 4) is 0 Å². The Hall–Kier alpha value is -3.78. The molecule has 0 saturated carbocycles. The Morgan fingerprint density at radius 3 is 2.66 bits per heavy atom. The first kappa shape index (κ1) is 20.1. The lowest BCUT2D eigenvalue weighted by Gasteiger charge is -2.08. The molecule has 0 radical (unpaired) electrons. The third-order valence-corrected chi connectivity index (χ3v) is 7.45. The molecule has 0 aliphatic heterocycles. The van der Waals surface area contributed by atoms with Crippen molar-refractivity contribution in [2.24, 2.45) is 7.05 Å². The number of carbonyl (C=O) groups excluding carboxylic acids is 1. The number of benzene rings is 2. The second kappa shape index (κ2) is 7.72. The number of rotatable bonds is 6. The SMILES string of the molecule is Cn1ncc2c(S(=O)(=O)c3ccc(CCC(=O)c4ccc5nccn5c4)cc3)cccc21. The second-order valence-corrected chi connectivity index (χ2v) is 9.56. The molecule has 7 nitrogen and oxygen atoms in total. The fourth-order valence-corrected chi connectivity index (χ4v) is 5.29. The van der Waals surface area contributed by atoms with Crippen LogP contribution in [-0.2, 0) is 23.3 Å². The summed E-state index contributed by atoms with van der Waals surface area (Å²) in [5.41, 5.74) is 3.08. The first-order chi connectivity index (χ1) is 15.4. The number of nitrogens with zero attached hydrogens (tertiary/aromatic N) is 4. The molecule has 0 unspecified atom stereocenters. The molecule has 0 N–H and O–H groups in total. The van der Waals surface area contributed by atoms with Crippen LogP contribution in [0.15, 0.2) is 89.2 Å². The van der Waals surface area contributed by atoms with Crippen LogP contribution < -0.4 is 0 Å². The number of hydrogen-bond donors (Lipinski definition) is 0. The van der Waals surface area contributed by atoms with Crippen molar-refractivity contribution in [3.63, 3.8) is 0 Å². The Morgan fingerprint density at radius 1 is 1.03 bits per heavy atom. The van der Waals surface area contributed by atoms with Crippen molar-refractivity contribution < 1.29 is 13.2 Å². The van der Waals surface area contributed by atoms with Gasteiger partial charge in [0.2, 0.25) is 9.84 Å². The molecule has 5 rings (SSSR count). The van der Waals surface area contributed by atoms with Crippen LogP contribution in [0.1, 0.15) is 22.3 Å². The molecule has 3 aromatic heterocycles. The maximum Gasteiger partial charge on any atom is 0.207 e. The summed E-state index contributed by atoms with van der Waals surface area (Å²) in [6.45, 7) is 0. The minimum atomic E-state index is -3.69. The molecule has 3 heterocycles. The number of Topliss-reactive ketones (excluding diaryl/α,β-unsaturated/α-hetero) is 1. The Labute approximate surface area is 184 Å². The Bertz CT molecular complexity index is 1560. The summed E-state index contributed by atoms with van der Waals surface area (Å²) in [5, 5.41) is 4.77. The molecule has 0 atom stereocenters. The van der Waals surface area contributed by atoms with Gasteiger partial charge < -0.3 is 4.40 Å². The van der Waals surface area contributed by atoms with Crippen molar-refractivity contribution >= 4 is 32.2 Å². The van der Waals surface area contributed by atoms with Gasteiger partial charge >= 0.3 is 0 Å². The average Bonchev–Trinajstić information content (AvgIpc) is 3.43. The Kier molecular flexibility index (Phi) is 4.86. The van der Waals surface area contributed by atoms with Gasteiger partial charge in [-0.25, -0.2) is 13.4 Å². The van der Waals surface area contributed by atoms with Gasteiger partial charge in [0.15, 0.2) is 5.78 Å². The summed E-state index contributed by atoms with van der Waals surface area (Å²) in [5.74, 6) is 0.0283. The van der Waals surface area contributed by atoms with Crippen LogP contribution in [0.4, 0.5) is 0 Å². The van der Waals surface area contributed by atoms with E-state index in [1.165, 1.54) is 0 Å². The quantitative estimate of drug-likeness (QED) is 0.371. The minimum absolute atomic E-state index is 0.0283. The molecule has 0 amide bonds. The van der Waals surface area contributed by atoms with E-state index < -0.39 is 9.84 Å². The summed E-state index contributed by atoms with van der Waals surface area (Å²) < 4.78 is 29.9. The van der Waals surface area contributed by atoms with E-state index in [1.807, 2.05) is 16.5 Å². The summed E-state index contributed by atoms with van der Waals surface area (Å²) in [6, 6.07) is 15.5. The third kappa shape index (κ3) is 3.48. The number of aromatic nitrogens is 4. The molecule has 0 aliphatic carbocycles. The highest BCUT2D eigenvalue weighted by atomic mass is 32.2. The van der Waals surface area contributed by atoms with E-state index in [-0.39, 0.29) is 15.6 Å². The third-order valence-electron chi connectivity index (χ3n) is 5.63. The van der Waals surface area contributed by atoms with E-state index in [9.17, 15) is 13.2 Å². The van der Waals surface area contributed by atoms with E-state index >= 15 is 0 Å². The maximum absolute atomic E-state index is 13.2. The van der Waals surface area contributed by atoms with Crippen LogP contribution in [0, 0.1) is 0 Å². The molecule has 0 saturated heterocycles. The lowest BCUT2D eigenvalue weighted by atomic mass is 10.0. The first-order valence-corrected chi connectivity index (χ1v) is 11.6. The highest BCUT2D eigenvalue weighted by Gasteiger charge is 2.21. The van der Waals surface area contributed by atoms with Crippen molar-refractivity contribution in [2.75, 3.05) is 0 Å². The predicted molar refractivity (Wildman–Crippen MR) is 120 cm³/mol. The molecular weight excluding hydrogens is 424 g/mol. The van der Waals surface area contributed by atoms with Gasteiger partial charge in [-0.05, 0) is 48.4 Å². The fraction of sp³-hybridized carbons (Fsp3) is 0.125. The predicted octanol–water partition coefficient (Wildman–Crippen LogP) is 3.87. The number of pyridine rings is 1. The van der Waals surface area contributed by atoms with E-state index in [2.05, 4.69) is 10.1 Å². The van der Waals surface area contributed by atoms with Crippen LogP contribution >= 0.6 is 0 Å². The Morgan fingerprint density at radius 2 is 1.84 bits per heavy atom. The van der Waals surface area contributed by atoms with Gasteiger partial charge in [-0.1, -0.05) is 18.2 Å². The van der Waals surface area contributed by atoms with Crippen molar-refractivity contribution in [3.05, 3.63) is 90.5 Å². The van der Waals surface area contributed by atoms with E-state index in [0.29, 0.717) is 23.8 Å². The summed E-state index contributed by atoms with van der Waals surface area (Å²) in [6.07, 6.45) is 7.70. The van der Waals surface area contributed by atoms with Crippen molar-refractivity contribution in [1.82, 2.24) is 19.2 Å². The molecule has 0 bridgehead atoms. The molecule has 160 valence electrons. The van der Waals surface area contributed by atoms with E-state index in [1.54, 1.807) is 79.0 Å². The maximum atomic E-state index is 13.2. The largest absolute Gasteiger partial charge is 0.306 e. The molecule has 8 heteroatoms. The topological polar surface area (TPSA) is 86.3 Å². The Balaban J connectivity index is 1.33. The van der Waals surface area contributed by atoms with Gasteiger partial charge in [-0.3, -0.25) is 9.48 Å². The van der Waals surface area contributed by atoms with Crippen LogP contribution in [0.5, 0.6) is 0 Å². The van der Waals surface area contributed by atoms with Crippen LogP contribution in [-0.4, -0.2) is 33.4 Å². The van der Waals surface area contributed by atoms with Crippen LogP contribution in [0.3, 0.4) is 0 Å². The molecule has 0 aliphatic rings. The van der Waals surface area contributed by atoms with E-state index in [4.69, 9.17) is 0 Å². The van der Waals surface area contributed by atoms with Gasteiger partial charge in [-0.2, -0.15) is 5.10 Å². The zero-order valence-corrected chi connectivity index (χ0v) is 18.2. The van der Waals surface area contributed by atoms with Gasteiger partial charge in [0.25, 0.3) is 0 Å². The average molecular weight is 445 g/mol. The fourth-order valence-electron chi connectivity index (χ4n) is 3.83. The van der Waals surface area contributed by atoms with Crippen LogP contribution in [0.25, 0.3) is 16.6 Å². The number of carbonyl (C=O) groups is 1. The molecule has 32 heavy (non-hydrogen) atoms. The number of hydrogen-bond acceptors (Lipinski definition) is 5. The number of fused-ring (bicyclic) bond motifs is 2. The lowest BCUT2D eigenvalue weighted by molar-refractivity contribution is 0.0982. The smallest absolute Gasteiger partial charge is 0.207 e. The molecule has 5 aromatic rings.